The number of hydrogen-bond acceptors (Lipinski definition) is 2. The monoisotopic (exact) mass is 214 g/mol. The van der Waals surface area contributed by atoms with E-state index in [2.05, 4.69) is 0 Å². The van der Waals surface area contributed by atoms with Gasteiger partial charge in [0.15, 0.2) is 0 Å². The number of rotatable bonds is 0. The third-order valence-electron chi connectivity index (χ3n) is 2.26. The smallest absolute Gasteiger partial charge is 0.0884 e. The van der Waals surface area contributed by atoms with Crippen LogP contribution >= 0.6 is 23.4 Å². The highest BCUT2D eigenvalue weighted by Gasteiger charge is 2.20. The molecule has 1 N–H and O–H groups in total. The molecule has 2 rings (SSSR count). The van der Waals surface area contributed by atoms with Crippen molar-refractivity contribution in [1.29, 1.82) is 0 Å². The Kier molecular flexibility index (Phi) is 2.54. The predicted molar refractivity (Wildman–Crippen MR) is 57.3 cm³/mol. The average Bonchev–Trinajstić information content (AvgIpc) is 2.07. The van der Waals surface area contributed by atoms with Crippen LogP contribution in [0.5, 0.6) is 0 Å². The highest BCUT2D eigenvalue weighted by Crippen LogP contribution is 2.36. The van der Waals surface area contributed by atoms with Crippen LogP contribution in [0.25, 0.3) is 0 Å². The Bertz CT molecular complexity index is 338. The minimum atomic E-state index is -0.342. The van der Waals surface area contributed by atoms with E-state index in [0.29, 0.717) is 0 Å². The third-order valence-corrected chi connectivity index (χ3v) is 3.64. The van der Waals surface area contributed by atoms with Gasteiger partial charge in [-0.15, -0.1) is 0 Å². The average molecular weight is 215 g/mol. The number of halogens is 1. The summed E-state index contributed by atoms with van der Waals surface area (Å²) >= 11 is 7.82. The second-order valence-corrected chi connectivity index (χ2v) is 4.78. The molecule has 0 amide bonds. The van der Waals surface area contributed by atoms with Gasteiger partial charge in [0.05, 0.1) is 6.10 Å². The molecule has 70 valence electrons. The Labute approximate surface area is 87.1 Å². The van der Waals surface area contributed by atoms with Gasteiger partial charge < -0.3 is 5.11 Å². The van der Waals surface area contributed by atoms with Crippen LogP contribution in [0.2, 0.25) is 5.02 Å². The van der Waals surface area contributed by atoms with E-state index in [1.54, 1.807) is 11.8 Å². The number of thioether (sulfide) groups is 1. The van der Waals surface area contributed by atoms with Crippen molar-refractivity contribution in [3.05, 3.63) is 33.8 Å². The summed E-state index contributed by atoms with van der Waals surface area (Å²) in [5.74, 6) is 1.71. The van der Waals surface area contributed by atoms with Gasteiger partial charge in [-0.3, -0.25) is 0 Å². The number of aliphatic hydroxyl groups excluding tert-OH is 1. The van der Waals surface area contributed by atoms with Gasteiger partial charge in [0, 0.05) is 16.5 Å². The van der Waals surface area contributed by atoms with Crippen LogP contribution in [0.1, 0.15) is 22.8 Å². The fourth-order valence-electron chi connectivity index (χ4n) is 1.61. The van der Waals surface area contributed by atoms with Crippen LogP contribution in [-0.2, 0) is 5.75 Å². The van der Waals surface area contributed by atoms with E-state index < -0.39 is 0 Å². The van der Waals surface area contributed by atoms with Gasteiger partial charge in [-0.25, -0.2) is 0 Å². The Morgan fingerprint density at radius 3 is 3.08 bits per heavy atom. The molecule has 0 spiro atoms. The summed E-state index contributed by atoms with van der Waals surface area (Å²) in [5.41, 5.74) is 3.24. The maximum absolute atomic E-state index is 9.73. The zero-order chi connectivity index (χ0) is 9.42. The van der Waals surface area contributed by atoms with Gasteiger partial charge in [-0.2, -0.15) is 11.8 Å². The zero-order valence-electron chi connectivity index (χ0n) is 7.38. The third kappa shape index (κ3) is 1.71. The molecule has 0 aromatic heterocycles. The van der Waals surface area contributed by atoms with Gasteiger partial charge in [0.2, 0.25) is 0 Å². The molecule has 1 unspecified atom stereocenters. The predicted octanol–water partition coefficient (Wildman–Crippen LogP) is 2.93. The van der Waals surface area contributed by atoms with Crippen LogP contribution < -0.4 is 0 Å². The van der Waals surface area contributed by atoms with E-state index in [-0.39, 0.29) is 6.10 Å². The van der Waals surface area contributed by atoms with Crippen molar-refractivity contribution in [2.45, 2.75) is 18.8 Å². The zero-order valence-corrected chi connectivity index (χ0v) is 8.95. The SMILES string of the molecule is Cc1cc(Cl)c2c(c1)C(O)CSC2. The minimum Gasteiger partial charge on any atom is -0.388 e. The Hall–Kier alpha value is -0.180. The van der Waals surface area contributed by atoms with Crippen LogP contribution in [-0.4, -0.2) is 10.9 Å². The molecule has 1 aromatic carbocycles. The van der Waals surface area contributed by atoms with Crippen molar-refractivity contribution in [3.8, 4) is 0 Å². The fraction of sp³-hybridized carbons (Fsp3) is 0.400. The first-order valence-corrected chi connectivity index (χ1v) is 5.76. The molecule has 1 aliphatic rings. The molecule has 1 atom stereocenters. The molecule has 1 heterocycles. The van der Waals surface area contributed by atoms with Gasteiger partial charge in [0.1, 0.15) is 0 Å². The van der Waals surface area contributed by atoms with Gasteiger partial charge >= 0.3 is 0 Å². The quantitative estimate of drug-likeness (QED) is 0.717. The summed E-state index contributed by atoms with van der Waals surface area (Å²) in [7, 11) is 0. The standard InChI is InChI=1S/C10H11ClOS/c1-6-2-7-8(9(11)3-6)4-13-5-10(7)12/h2-3,10,12H,4-5H2,1H3. The van der Waals surface area contributed by atoms with Crippen molar-refractivity contribution >= 4 is 23.4 Å². The number of aryl methyl sites for hydroxylation is 1. The second kappa shape index (κ2) is 3.52. The molecule has 0 radical (unpaired) electrons. The van der Waals surface area contributed by atoms with Gasteiger partial charge in [0.25, 0.3) is 0 Å². The van der Waals surface area contributed by atoms with Crippen molar-refractivity contribution < 1.29 is 5.11 Å². The van der Waals surface area contributed by atoms with Crippen LogP contribution in [0.3, 0.4) is 0 Å². The topological polar surface area (TPSA) is 20.2 Å². The van der Waals surface area contributed by atoms with Crippen molar-refractivity contribution in [2.24, 2.45) is 0 Å². The van der Waals surface area contributed by atoms with Crippen molar-refractivity contribution in [2.75, 3.05) is 5.75 Å². The molecular weight excluding hydrogens is 204 g/mol. The molecule has 0 bridgehead atoms. The lowest BCUT2D eigenvalue weighted by Gasteiger charge is -2.22. The number of aliphatic hydroxyl groups is 1. The molecule has 0 saturated heterocycles. The molecule has 0 aliphatic carbocycles. The molecule has 1 aromatic rings. The summed E-state index contributed by atoms with van der Waals surface area (Å²) in [6.07, 6.45) is -0.342. The van der Waals surface area contributed by atoms with Crippen LogP contribution in [0.4, 0.5) is 0 Å². The lowest BCUT2D eigenvalue weighted by Crippen LogP contribution is -2.10. The summed E-state index contributed by atoms with van der Waals surface area (Å²) in [4.78, 5) is 0. The first kappa shape index (κ1) is 9.38. The van der Waals surface area contributed by atoms with Crippen molar-refractivity contribution in [1.82, 2.24) is 0 Å². The number of hydrogen-bond donors (Lipinski definition) is 1. The first-order chi connectivity index (χ1) is 6.18. The summed E-state index contributed by atoms with van der Waals surface area (Å²) < 4.78 is 0. The maximum atomic E-state index is 9.73. The van der Waals surface area contributed by atoms with E-state index in [1.807, 2.05) is 19.1 Å². The molecule has 1 nitrogen and oxygen atoms in total. The molecular formula is C10H11ClOS. The van der Waals surface area contributed by atoms with E-state index in [0.717, 1.165) is 33.2 Å². The lowest BCUT2D eigenvalue weighted by atomic mass is 10.0. The van der Waals surface area contributed by atoms with E-state index >= 15 is 0 Å². The van der Waals surface area contributed by atoms with E-state index in [1.165, 1.54) is 0 Å². The molecule has 3 heteroatoms. The Balaban J connectivity index is 2.56. The fourth-order valence-corrected chi connectivity index (χ4v) is 3.09. The molecule has 1 aliphatic heterocycles. The van der Waals surface area contributed by atoms with Gasteiger partial charge in [-0.1, -0.05) is 17.7 Å². The number of benzene rings is 1. The normalized spacial score (nSPS) is 21.3. The Morgan fingerprint density at radius 1 is 1.54 bits per heavy atom. The summed E-state index contributed by atoms with van der Waals surface area (Å²) in [5, 5.41) is 10.5. The van der Waals surface area contributed by atoms with Crippen molar-refractivity contribution in [3.63, 3.8) is 0 Å². The summed E-state index contributed by atoms with van der Waals surface area (Å²) in [6.45, 7) is 2.00. The Morgan fingerprint density at radius 2 is 2.31 bits per heavy atom. The highest BCUT2D eigenvalue weighted by atomic mass is 35.5. The first-order valence-electron chi connectivity index (χ1n) is 4.23. The second-order valence-electron chi connectivity index (χ2n) is 3.35. The maximum Gasteiger partial charge on any atom is 0.0884 e. The molecule has 0 saturated carbocycles. The largest absolute Gasteiger partial charge is 0.388 e. The van der Waals surface area contributed by atoms with E-state index in [9.17, 15) is 5.11 Å². The van der Waals surface area contributed by atoms with Gasteiger partial charge in [-0.05, 0) is 29.7 Å². The summed E-state index contributed by atoms with van der Waals surface area (Å²) in [6, 6.07) is 3.99. The lowest BCUT2D eigenvalue weighted by molar-refractivity contribution is 0.201. The molecule has 0 fully saturated rings. The number of fused-ring (bicyclic) bond motifs is 1. The highest BCUT2D eigenvalue weighted by molar-refractivity contribution is 7.98. The molecule has 13 heavy (non-hydrogen) atoms. The van der Waals surface area contributed by atoms with Crippen LogP contribution in [0, 0.1) is 6.92 Å². The van der Waals surface area contributed by atoms with Crippen LogP contribution in [0.15, 0.2) is 12.1 Å². The minimum absolute atomic E-state index is 0.342. The van der Waals surface area contributed by atoms with E-state index in [4.69, 9.17) is 11.6 Å².